The average molecular weight is 330 g/mol. The number of H-pyrrole nitrogens is 1. The van der Waals surface area contributed by atoms with Gasteiger partial charge in [0.1, 0.15) is 0 Å². The number of nitrogens with zero attached hydrogens (tertiary/aromatic N) is 2. The van der Waals surface area contributed by atoms with Crippen molar-refractivity contribution >= 4 is 28.8 Å². The third-order valence-corrected chi connectivity index (χ3v) is 4.23. The monoisotopic (exact) mass is 330 g/mol. The molecule has 1 aromatic heterocycles. The molecule has 0 radical (unpaired) electrons. The minimum absolute atomic E-state index is 0.183. The summed E-state index contributed by atoms with van der Waals surface area (Å²) in [6.07, 6.45) is 2.63. The Morgan fingerprint density at radius 1 is 1.29 bits per heavy atom. The maximum Gasteiger partial charge on any atom is 0.338 e. The van der Waals surface area contributed by atoms with Crippen molar-refractivity contribution in [2.45, 2.75) is 12.8 Å². The molecule has 1 aliphatic heterocycles. The number of amides is 2. The molecule has 0 saturated carbocycles. The number of esters is 1. The second-order valence-corrected chi connectivity index (χ2v) is 5.77. The van der Waals surface area contributed by atoms with Crippen molar-refractivity contribution in [1.82, 2.24) is 14.9 Å². The normalized spacial score (nSPS) is 15.4. The first-order valence-electron chi connectivity index (χ1n) is 7.72. The number of ether oxygens (including phenoxy) is 1. The lowest BCUT2D eigenvalue weighted by atomic mass is 9.96. The van der Waals surface area contributed by atoms with Gasteiger partial charge in [0, 0.05) is 19.0 Å². The Morgan fingerprint density at radius 3 is 2.75 bits per heavy atom. The lowest BCUT2D eigenvalue weighted by molar-refractivity contribution is -0.137. The average Bonchev–Trinajstić information content (AvgIpc) is 3.07. The van der Waals surface area contributed by atoms with E-state index in [1.807, 2.05) is 0 Å². The Bertz CT molecular complexity index is 777. The van der Waals surface area contributed by atoms with E-state index in [1.165, 1.54) is 0 Å². The zero-order valence-corrected chi connectivity index (χ0v) is 13.0. The third-order valence-electron chi connectivity index (χ3n) is 4.23. The molecule has 0 aliphatic carbocycles. The van der Waals surface area contributed by atoms with Crippen molar-refractivity contribution < 1.29 is 19.1 Å². The first-order valence-corrected chi connectivity index (χ1v) is 7.72. The van der Waals surface area contributed by atoms with Gasteiger partial charge in [-0.05, 0) is 31.0 Å². The fourth-order valence-corrected chi connectivity index (χ4v) is 2.78. The molecule has 1 saturated heterocycles. The number of fused-ring (bicyclic) bond motifs is 1. The minimum atomic E-state index is -0.563. The first kappa shape index (κ1) is 16.0. The number of primary amides is 1. The highest BCUT2D eigenvalue weighted by Gasteiger charge is 2.26. The molecule has 3 N–H and O–H groups in total. The van der Waals surface area contributed by atoms with Crippen LogP contribution in [0.4, 0.5) is 0 Å². The molecule has 1 aromatic carbocycles. The molecule has 2 heterocycles. The summed E-state index contributed by atoms with van der Waals surface area (Å²) in [6, 6.07) is 4.95. The number of hydrogen-bond acceptors (Lipinski definition) is 5. The van der Waals surface area contributed by atoms with Crippen LogP contribution in [0.3, 0.4) is 0 Å². The number of aromatic amines is 1. The van der Waals surface area contributed by atoms with E-state index in [2.05, 4.69) is 9.97 Å². The van der Waals surface area contributed by atoms with Crippen LogP contribution in [0, 0.1) is 5.92 Å². The molecule has 126 valence electrons. The fraction of sp³-hybridized carbons (Fsp3) is 0.375. The Labute approximate surface area is 138 Å². The summed E-state index contributed by atoms with van der Waals surface area (Å²) in [5.41, 5.74) is 7.09. The molecule has 2 amide bonds. The van der Waals surface area contributed by atoms with Gasteiger partial charge < -0.3 is 20.4 Å². The molecule has 0 unspecified atom stereocenters. The number of rotatable bonds is 4. The van der Waals surface area contributed by atoms with E-state index in [9.17, 15) is 14.4 Å². The Balaban J connectivity index is 1.52. The van der Waals surface area contributed by atoms with Crippen molar-refractivity contribution in [3.8, 4) is 0 Å². The molecule has 0 atom stereocenters. The van der Waals surface area contributed by atoms with Crippen molar-refractivity contribution in [2.75, 3.05) is 19.7 Å². The first-order chi connectivity index (χ1) is 11.5. The van der Waals surface area contributed by atoms with E-state index in [-0.39, 0.29) is 24.3 Å². The number of aromatic nitrogens is 2. The second-order valence-electron chi connectivity index (χ2n) is 5.77. The SMILES string of the molecule is NC(=O)C1CCN(C(=O)COC(=O)c2ccc3nc[nH]c3c2)CC1. The molecular weight excluding hydrogens is 312 g/mol. The van der Waals surface area contributed by atoms with Crippen molar-refractivity contribution in [1.29, 1.82) is 0 Å². The summed E-state index contributed by atoms with van der Waals surface area (Å²) < 4.78 is 5.09. The fourth-order valence-electron chi connectivity index (χ4n) is 2.78. The number of carbonyl (C=O) groups excluding carboxylic acids is 3. The minimum Gasteiger partial charge on any atom is -0.452 e. The highest BCUT2D eigenvalue weighted by Crippen LogP contribution is 2.17. The summed E-state index contributed by atoms with van der Waals surface area (Å²) in [5.74, 6) is -1.35. The molecule has 0 bridgehead atoms. The summed E-state index contributed by atoms with van der Waals surface area (Å²) in [4.78, 5) is 43.8. The lowest BCUT2D eigenvalue weighted by Gasteiger charge is -2.30. The topological polar surface area (TPSA) is 118 Å². The van der Waals surface area contributed by atoms with Crippen LogP contribution >= 0.6 is 0 Å². The van der Waals surface area contributed by atoms with Crippen LogP contribution < -0.4 is 5.73 Å². The Morgan fingerprint density at radius 2 is 2.04 bits per heavy atom. The lowest BCUT2D eigenvalue weighted by Crippen LogP contribution is -2.43. The molecule has 24 heavy (non-hydrogen) atoms. The van der Waals surface area contributed by atoms with Gasteiger partial charge in [0.25, 0.3) is 5.91 Å². The smallest absolute Gasteiger partial charge is 0.338 e. The van der Waals surface area contributed by atoms with Crippen LogP contribution in [-0.4, -0.2) is 52.3 Å². The van der Waals surface area contributed by atoms with Gasteiger partial charge in [0.15, 0.2) is 6.61 Å². The predicted octanol–water partition coefficient (Wildman–Crippen LogP) is 0.444. The van der Waals surface area contributed by atoms with Gasteiger partial charge in [-0.2, -0.15) is 0 Å². The second kappa shape index (κ2) is 6.69. The van der Waals surface area contributed by atoms with Gasteiger partial charge in [-0.15, -0.1) is 0 Å². The maximum atomic E-state index is 12.1. The number of hydrogen-bond donors (Lipinski definition) is 2. The highest BCUT2D eigenvalue weighted by atomic mass is 16.5. The van der Waals surface area contributed by atoms with Crippen LogP contribution in [0.1, 0.15) is 23.2 Å². The summed E-state index contributed by atoms with van der Waals surface area (Å²) in [7, 11) is 0. The van der Waals surface area contributed by atoms with Gasteiger partial charge >= 0.3 is 5.97 Å². The van der Waals surface area contributed by atoms with E-state index in [0.717, 1.165) is 11.0 Å². The van der Waals surface area contributed by atoms with Gasteiger partial charge in [-0.25, -0.2) is 9.78 Å². The van der Waals surface area contributed by atoms with Crippen LogP contribution in [-0.2, 0) is 14.3 Å². The van der Waals surface area contributed by atoms with Crippen LogP contribution in [0.5, 0.6) is 0 Å². The number of nitrogens with two attached hydrogens (primary N) is 1. The summed E-state index contributed by atoms with van der Waals surface area (Å²) in [6.45, 7) is 0.579. The van der Waals surface area contributed by atoms with E-state index in [1.54, 1.807) is 29.4 Å². The number of benzene rings is 1. The van der Waals surface area contributed by atoms with E-state index in [0.29, 0.717) is 31.5 Å². The number of carbonyl (C=O) groups is 3. The van der Waals surface area contributed by atoms with Gasteiger partial charge in [-0.1, -0.05) is 0 Å². The molecule has 1 aliphatic rings. The molecule has 0 spiro atoms. The summed E-state index contributed by atoms with van der Waals surface area (Å²) in [5, 5.41) is 0. The van der Waals surface area contributed by atoms with E-state index >= 15 is 0 Å². The molecule has 2 aromatic rings. The number of likely N-dealkylation sites (tertiary alicyclic amines) is 1. The van der Waals surface area contributed by atoms with Gasteiger partial charge in [-0.3, -0.25) is 9.59 Å². The van der Waals surface area contributed by atoms with Crippen LogP contribution in [0.15, 0.2) is 24.5 Å². The van der Waals surface area contributed by atoms with Crippen LogP contribution in [0.25, 0.3) is 11.0 Å². The largest absolute Gasteiger partial charge is 0.452 e. The summed E-state index contributed by atoms with van der Waals surface area (Å²) >= 11 is 0. The standard InChI is InChI=1S/C16H18N4O4/c17-15(22)10-3-5-20(6-4-10)14(21)8-24-16(23)11-1-2-12-13(7-11)19-9-18-12/h1-2,7,9-10H,3-6,8H2,(H2,17,22)(H,18,19). The molecule has 1 fully saturated rings. The van der Waals surface area contributed by atoms with Crippen molar-refractivity contribution in [3.05, 3.63) is 30.1 Å². The Kier molecular flexibility index (Phi) is 4.45. The molecule has 8 heteroatoms. The third kappa shape index (κ3) is 3.37. The highest BCUT2D eigenvalue weighted by molar-refractivity contribution is 5.94. The Hall–Kier alpha value is -2.90. The molecule has 3 rings (SSSR count). The van der Waals surface area contributed by atoms with E-state index < -0.39 is 5.97 Å². The van der Waals surface area contributed by atoms with Gasteiger partial charge in [0.05, 0.1) is 22.9 Å². The predicted molar refractivity (Wildman–Crippen MR) is 84.9 cm³/mol. The number of nitrogens with one attached hydrogen (secondary N) is 1. The maximum absolute atomic E-state index is 12.1. The molecule has 8 nitrogen and oxygen atoms in total. The number of piperidine rings is 1. The molecular formula is C16H18N4O4. The van der Waals surface area contributed by atoms with Crippen molar-refractivity contribution in [2.24, 2.45) is 11.7 Å². The zero-order chi connectivity index (χ0) is 17.1. The van der Waals surface area contributed by atoms with Crippen molar-refractivity contribution in [3.63, 3.8) is 0 Å². The zero-order valence-electron chi connectivity index (χ0n) is 13.0. The number of imidazole rings is 1. The van der Waals surface area contributed by atoms with Crippen LogP contribution in [0.2, 0.25) is 0 Å². The van der Waals surface area contributed by atoms with Gasteiger partial charge in [0.2, 0.25) is 5.91 Å². The van der Waals surface area contributed by atoms with E-state index in [4.69, 9.17) is 10.5 Å². The quantitative estimate of drug-likeness (QED) is 0.789.